The zero-order chi connectivity index (χ0) is 19.4. The number of nitrogens with one attached hydrogen (secondary N) is 1. The molecule has 0 radical (unpaired) electrons. The lowest BCUT2D eigenvalue weighted by molar-refractivity contribution is -0.119. The van der Waals surface area contributed by atoms with Crippen molar-refractivity contribution in [3.63, 3.8) is 0 Å². The van der Waals surface area contributed by atoms with E-state index in [1.807, 2.05) is 6.92 Å². The van der Waals surface area contributed by atoms with E-state index in [0.717, 1.165) is 16.9 Å². The zero-order valence-corrected chi connectivity index (χ0v) is 16.1. The van der Waals surface area contributed by atoms with Crippen LogP contribution in [0.5, 0.6) is 0 Å². The zero-order valence-electron chi connectivity index (χ0n) is 15.3. The number of aryl methyl sites for hydroxylation is 1. The Morgan fingerprint density at radius 3 is 2.54 bits per heavy atom. The lowest BCUT2D eigenvalue weighted by Gasteiger charge is -2.12. The summed E-state index contributed by atoms with van der Waals surface area (Å²) in [5.41, 5.74) is 1.49. The van der Waals surface area contributed by atoms with Gasteiger partial charge >= 0.3 is 11.9 Å². The number of hydrogen-bond acceptors (Lipinski definition) is 7. The summed E-state index contributed by atoms with van der Waals surface area (Å²) >= 11 is 0.987. The van der Waals surface area contributed by atoms with Crippen molar-refractivity contribution in [1.82, 2.24) is 9.78 Å². The second-order valence-corrected chi connectivity index (χ2v) is 6.66. The van der Waals surface area contributed by atoms with E-state index in [1.54, 1.807) is 33.2 Å². The van der Waals surface area contributed by atoms with Crippen molar-refractivity contribution in [1.29, 1.82) is 0 Å². The smallest absolute Gasteiger partial charge is 0.348 e. The summed E-state index contributed by atoms with van der Waals surface area (Å²) < 4.78 is 11.3. The minimum atomic E-state index is -0.632. The first-order valence-corrected chi connectivity index (χ1v) is 8.82. The molecule has 1 unspecified atom stereocenters. The molecule has 2 rings (SSSR count). The van der Waals surface area contributed by atoms with Crippen molar-refractivity contribution in [2.45, 2.75) is 33.7 Å². The average molecular weight is 379 g/mol. The fourth-order valence-corrected chi connectivity index (χ4v) is 3.41. The minimum absolute atomic E-state index is 0.151. The van der Waals surface area contributed by atoms with Crippen molar-refractivity contribution < 1.29 is 23.9 Å². The highest BCUT2D eigenvalue weighted by atomic mass is 32.1. The maximum absolute atomic E-state index is 12.6. The molecule has 26 heavy (non-hydrogen) atoms. The van der Waals surface area contributed by atoms with Gasteiger partial charge in [0, 0.05) is 6.20 Å². The largest absolute Gasteiger partial charge is 0.465 e. The number of carbonyl (C=O) groups excluding carboxylic acids is 3. The molecule has 0 aliphatic heterocycles. The lowest BCUT2D eigenvalue weighted by Crippen LogP contribution is -2.24. The minimum Gasteiger partial charge on any atom is -0.465 e. The Morgan fingerprint density at radius 2 is 2.00 bits per heavy atom. The average Bonchev–Trinajstić information content (AvgIpc) is 3.17. The molecule has 0 bridgehead atoms. The van der Waals surface area contributed by atoms with Gasteiger partial charge in [-0.05, 0) is 38.8 Å². The van der Waals surface area contributed by atoms with Gasteiger partial charge in [0.15, 0.2) is 0 Å². The second-order valence-electron chi connectivity index (χ2n) is 5.64. The van der Waals surface area contributed by atoms with Crippen LogP contribution in [0.15, 0.2) is 12.4 Å². The summed E-state index contributed by atoms with van der Waals surface area (Å²) in [6, 6.07) is -0.595. The van der Waals surface area contributed by atoms with Crippen molar-refractivity contribution in [3.8, 4) is 0 Å². The van der Waals surface area contributed by atoms with Gasteiger partial charge in [0.25, 0.3) is 0 Å². The molecular formula is C17H21N3O5S. The highest BCUT2D eigenvalue weighted by Gasteiger charge is 2.28. The Hall–Kier alpha value is -2.68. The molecule has 8 nitrogen and oxygen atoms in total. The number of esters is 2. The molecule has 0 aliphatic rings. The summed E-state index contributed by atoms with van der Waals surface area (Å²) in [6.07, 6.45) is 3.40. The summed E-state index contributed by atoms with van der Waals surface area (Å²) in [5, 5.41) is 7.07. The molecule has 9 heteroatoms. The van der Waals surface area contributed by atoms with Gasteiger partial charge in [0.1, 0.15) is 15.9 Å². The molecule has 0 saturated carbocycles. The highest BCUT2D eigenvalue weighted by molar-refractivity contribution is 7.18. The van der Waals surface area contributed by atoms with Gasteiger partial charge in [-0.2, -0.15) is 5.10 Å². The Morgan fingerprint density at radius 1 is 1.31 bits per heavy atom. The van der Waals surface area contributed by atoms with Crippen molar-refractivity contribution in [2.75, 3.05) is 19.0 Å². The number of ether oxygens (including phenoxy) is 2. The normalized spacial score (nSPS) is 11.7. The number of rotatable bonds is 6. The summed E-state index contributed by atoms with van der Waals surface area (Å²) in [4.78, 5) is 37.1. The Labute approximate surface area is 155 Å². The number of amides is 1. The summed E-state index contributed by atoms with van der Waals surface area (Å²) in [6.45, 7) is 7.08. The van der Waals surface area contributed by atoms with E-state index in [4.69, 9.17) is 9.47 Å². The van der Waals surface area contributed by atoms with Gasteiger partial charge in [-0.15, -0.1) is 11.3 Å². The predicted octanol–water partition coefficient (Wildman–Crippen LogP) is 2.72. The molecule has 140 valence electrons. The third kappa shape index (κ3) is 3.93. The second kappa shape index (κ2) is 8.13. The van der Waals surface area contributed by atoms with Crippen LogP contribution in [0.1, 0.15) is 51.0 Å². The topological polar surface area (TPSA) is 99.5 Å². The lowest BCUT2D eigenvalue weighted by atomic mass is 10.1. The van der Waals surface area contributed by atoms with Gasteiger partial charge < -0.3 is 14.8 Å². The van der Waals surface area contributed by atoms with E-state index in [1.165, 1.54) is 11.8 Å². The Bertz CT molecular complexity index is 840. The van der Waals surface area contributed by atoms with E-state index >= 15 is 0 Å². The van der Waals surface area contributed by atoms with Crippen LogP contribution in [0.3, 0.4) is 0 Å². The third-order valence-corrected chi connectivity index (χ3v) is 4.93. The van der Waals surface area contributed by atoms with Gasteiger partial charge in [-0.3, -0.25) is 9.48 Å². The van der Waals surface area contributed by atoms with Crippen LogP contribution in [-0.2, 0) is 14.3 Å². The first-order valence-electron chi connectivity index (χ1n) is 8.00. The van der Waals surface area contributed by atoms with E-state index in [2.05, 4.69) is 10.4 Å². The molecule has 0 fully saturated rings. The maximum atomic E-state index is 12.6. The van der Waals surface area contributed by atoms with Crippen LogP contribution in [0, 0.1) is 13.8 Å². The number of carbonyl (C=O) groups is 3. The van der Waals surface area contributed by atoms with E-state index in [0.29, 0.717) is 5.56 Å². The van der Waals surface area contributed by atoms with Crippen molar-refractivity contribution in [2.24, 2.45) is 0 Å². The fraction of sp³-hybridized carbons (Fsp3) is 0.412. The molecule has 2 aromatic rings. The fourth-order valence-electron chi connectivity index (χ4n) is 2.32. The highest BCUT2D eigenvalue weighted by Crippen LogP contribution is 2.34. The standard InChI is InChI=1S/C17H21N3O5S/c1-6-25-17(23)13-10(3)12(16(22)24-5)15(26-13)19-14(21)11(4)20-8-9(2)7-18-20/h7-8,11H,6H2,1-5H3,(H,19,21). The first kappa shape index (κ1) is 19.6. The van der Waals surface area contributed by atoms with Crippen LogP contribution < -0.4 is 5.32 Å². The van der Waals surface area contributed by atoms with Crippen LogP contribution >= 0.6 is 11.3 Å². The van der Waals surface area contributed by atoms with Gasteiger partial charge in [0.2, 0.25) is 5.91 Å². The first-order chi connectivity index (χ1) is 12.3. The third-order valence-electron chi connectivity index (χ3n) is 3.74. The van der Waals surface area contributed by atoms with Crippen LogP contribution in [0.25, 0.3) is 0 Å². The van der Waals surface area contributed by atoms with Crippen LogP contribution in [0.4, 0.5) is 5.00 Å². The van der Waals surface area contributed by atoms with Gasteiger partial charge in [-0.1, -0.05) is 0 Å². The van der Waals surface area contributed by atoms with E-state index < -0.39 is 18.0 Å². The molecular weight excluding hydrogens is 358 g/mol. The SMILES string of the molecule is CCOC(=O)c1sc(NC(=O)C(C)n2cc(C)cn2)c(C(=O)OC)c1C. The van der Waals surface area contributed by atoms with E-state index in [-0.39, 0.29) is 28.0 Å². The molecule has 0 aromatic carbocycles. The molecule has 2 heterocycles. The van der Waals surface area contributed by atoms with Crippen LogP contribution in [-0.4, -0.2) is 41.3 Å². The number of aromatic nitrogens is 2. The Kier molecular flexibility index (Phi) is 6.14. The van der Waals surface area contributed by atoms with Gasteiger partial charge in [0.05, 0.1) is 25.5 Å². The maximum Gasteiger partial charge on any atom is 0.348 e. The van der Waals surface area contributed by atoms with Crippen molar-refractivity contribution in [3.05, 3.63) is 34.0 Å². The molecule has 0 spiro atoms. The number of nitrogens with zero attached hydrogens (tertiary/aromatic N) is 2. The van der Waals surface area contributed by atoms with Crippen molar-refractivity contribution >= 4 is 34.2 Å². The molecule has 1 amide bonds. The predicted molar refractivity (Wildman–Crippen MR) is 96.7 cm³/mol. The molecule has 0 saturated heterocycles. The summed E-state index contributed by atoms with van der Waals surface area (Å²) in [7, 11) is 1.24. The Balaban J connectivity index is 2.35. The van der Waals surface area contributed by atoms with Gasteiger partial charge in [-0.25, -0.2) is 9.59 Å². The number of anilines is 1. The number of hydrogen-bond donors (Lipinski definition) is 1. The van der Waals surface area contributed by atoms with Crippen LogP contribution in [0.2, 0.25) is 0 Å². The van der Waals surface area contributed by atoms with E-state index in [9.17, 15) is 14.4 Å². The number of thiophene rings is 1. The molecule has 1 N–H and O–H groups in total. The molecule has 1 atom stereocenters. The molecule has 0 aliphatic carbocycles. The monoisotopic (exact) mass is 379 g/mol. The quantitative estimate of drug-likeness (QED) is 0.775. The molecule has 2 aromatic heterocycles. The summed E-state index contributed by atoms with van der Waals surface area (Å²) in [5.74, 6) is -1.54. The number of methoxy groups -OCH3 is 1.